The molecule has 0 aromatic heterocycles. The fourth-order valence-electron chi connectivity index (χ4n) is 2.04. The zero-order valence-electron chi connectivity index (χ0n) is 11.7. The highest BCUT2D eigenvalue weighted by Crippen LogP contribution is 2.23. The molecule has 0 spiro atoms. The Labute approximate surface area is 124 Å². The van der Waals surface area contributed by atoms with Crippen LogP contribution in [0.3, 0.4) is 0 Å². The molecule has 0 saturated carbocycles. The molecule has 2 aromatic carbocycles. The van der Waals surface area contributed by atoms with E-state index in [-0.39, 0.29) is 12.2 Å². The lowest BCUT2D eigenvalue weighted by molar-refractivity contribution is 0.0989. The zero-order valence-corrected chi connectivity index (χ0v) is 12.4. The summed E-state index contributed by atoms with van der Waals surface area (Å²) in [4.78, 5) is 12.4. The number of halogens is 1. The van der Waals surface area contributed by atoms with Crippen molar-refractivity contribution in [3.8, 4) is 5.75 Å². The standard InChI is InChI=1S/C17H17ClO2/c1-3-20-17-7-5-4-6-14(17)16(19)11-13-9-8-12(2)10-15(13)18/h4-10H,3,11H2,1-2H3. The number of hydrogen-bond acceptors (Lipinski definition) is 2. The second kappa shape index (κ2) is 6.58. The molecule has 2 rings (SSSR count). The quantitative estimate of drug-likeness (QED) is 0.759. The third-order valence-corrected chi connectivity index (χ3v) is 3.40. The van der Waals surface area contributed by atoms with Gasteiger partial charge in [-0.05, 0) is 43.2 Å². The number of rotatable bonds is 5. The lowest BCUT2D eigenvalue weighted by atomic mass is 10.0. The maximum absolute atomic E-state index is 12.4. The number of para-hydroxylation sites is 1. The van der Waals surface area contributed by atoms with Gasteiger partial charge in [0, 0.05) is 11.4 Å². The van der Waals surface area contributed by atoms with Gasteiger partial charge in [-0.3, -0.25) is 4.79 Å². The van der Waals surface area contributed by atoms with Crippen molar-refractivity contribution in [3.05, 3.63) is 64.2 Å². The van der Waals surface area contributed by atoms with E-state index in [0.717, 1.165) is 11.1 Å². The fraction of sp³-hybridized carbons (Fsp3) is 0.235. The van der Waals surface area contributed by atoms with Gasteiger partial charge in [0.05, 0.1) is 12.2 Å². The highest BCUT2D eigenvalue weighted by Gasteiger charge is 2.14. The normalized spacial score (nSPS) is 10.3. The van der Waals surface area contributed by atoms with Crippen LogP contribution in [0.4, 0.5) is 0 Å². The number of carbonyl (C=O) groups excluding carboxylic acids is 1. The Hall–Kier alpha value is -1.80. The van der Waals surface area contributed by atoms with Crippen LogP contribution in [0.2, 0.25) is 5.02 Å². The number of hydrogen-bond donors (Lipinski definition) is 0. The van der Waals surface area contributed by atoms with Gasteiger partial charge >= 0.3 is 0 Å². The number of ether oxygens (including phenoxy) is 1. The monoisotopic (exact) mass is 288 g/mol. The van der Waals surface area contributed by atoms with Crippen molar-refractivity contribution >= 4 is 17.4 Å². The van der Waals surface area contributed by atoms with Crippen LogP contribution >= 0.6 is 11.6 Å². The minimum Gasteiger partial charge on any atom is -0.493 e. The van der Waals surface area contributed by atoms with E-state index < -0.39 is 0 Å². The Bertz CT molecular complexity index is 620. The summed E-state index contributed by atoms with van der Waals surface area (Å²) in [6.07, 6.45) is 0.281. The molecule has 2 nitrogen and oxygen atoms in total. The number of ketones is 1. The van der Waals surface area contributed by atoms with Crippen molar-refractivity contribution in [2.75, 3.05) is 6.61 Å². The molecule has 0 aliphatic heterocycles. The smallest absolute Gasteiger partial charge is 0.171 e. The molecule has 0 aliphatic carbocycles. The molecule has 104 valence electrons. The van der Waals surface area contributed by atoms with Crippen LogP contribution in [0.15, 0.2) is 42.5 Å². The summed E-state index contributed by atoms with van der Waals surface area (Å²) in [6.45, 7) is 4.41. The van der Waals surface area contributed by atoms with Gasteiger partial charge in [0.25, 0.3) is 0 Å². The molecular weight excluding hydrogens is 272 g/mol. The summed E-state index contributed by atoms with van der Waals surface area (Å²) in [6, 6.07) is 13.0. The van der Waals surface area contributed by atoms with Crippen LogP contribution < -0.4 is 4.74 Å². The molecule has 0 N–H and O–H groups in total. The Morgan fingerprint density at radius 2 is 1.95 bits per heavy atom. The Kier molecular flexibility index (Phi) is 4.80. The molecule has 0 bridgehead atoms. The van der Waals surface area contributed by atoms with Crippen molar-refractivity contribution in [2.45, 2.75) is 20.3 Å². The van der Waals surface area contributed by atoms with Gasteiger partial charge in [-0.15, -0.1) is 0 Å². The highest BCUT2D eigenvalue weighted by atomic mass is 35.5. The van der Waals surface area contributed by atoms with Gasteiger partial charge in [0.1, 0.15) is 5.75 Å². The van der Waals surface area contributed by atoms with Crippen LogP contribution in [-0.4, -0.2) is 12.4 Å². The Morgan fingerprint density at radius 1 is 1.20 bits per heavy atom. The van der Waals surface area contributed by atoms with E-state index in [2.05, 4.69) is 0 Å². The fourth-order valence-corrected chi connectivity index (χ4v) is 2.34. The van der Waals surface area contributed by atoms with E-state index in [1.165, 1.54) is 0 Å². The molecule has 0 saturated heterocycles. The average Bonchev–Trinajstić information content (AvgIpc) is 2.43. The Morgan fingerprint density at radius 3 is 2.65 bits per heavy atom. The zero-order chi connectivity index (χ0) is 14.5. The summed E-state index contributed by atoms with van der Waals surface area (Å²) in [7, 11) is 0. The molecule has 0 radical (unpaired) electrons. The first-order chi connectivity index (χ1) is 9.61. The summed E-state index contributed by atoms with van der Waals surface area (Å²) < 4.78 is 5.49. The number of benzene rings is 2. The highest BCUT2D eigenvalue weighted by molar-refractivity contribution is 6.31. The van der Waals surface area contributed by atoms with Crippen LogP contribution in [-0.2, 0) is 6.42 Å². The molecule has 0 amide bonds. The summed E-state index contributed by atoms with van der Waals surface area (Å²) in [5.41, 5.74) is 2.53. The largest absolute Gasteiger partial charge is 0.493 e. The maximum atomic E-state index is 12.4. The van der Waals surface area contributed by atoms with Gasteiger partial charge in [-0.1, -0.05) is 35.9 Å². The number of carbonyl (C=O) groups is 1. The van der Waals surface area contributed by atoms with Crippen molar-refractivity contribution in [1.82, 2.24) is 0 Å². The molecular formula is C17H17ClO2. The summed E-state index contributed by atoms with van der Waals surface area (Å²) in [5.74, 6) is 0.642. The van der Waals surface area contributed by atoms with Gasteiger partial charge in [0.15, 0.2) is 5.78 Å². The van der Waals surface area contributed by atoms with E-state index in [1.54, 1.807) is 6.07 Å². The minimum atomic E-state index is 0.0137. The van der Waals surface area contributed by atoms with Gasteiger partial charge < -0.3 is 4.74 Å². The lowest BCUT2D eigenvalue weighted by Crippen LogP contribution is -2.07. The van der Waals surface area contributed by atoms with Crippen molar-refractivity contribution in [3.63, 3.8) is 0 Å². The van der Waals surface area contributed by atoms with Crippen LogP contribution in [0.5, 0.6) is 5.75 Å². The van der Waals surface area contributed by atoms with Gasteiger partial charge in [-0.25, -0.2) is 0 Å². The molecule has 0 atom stereocenters. The lowest BCUT2D eigenvalue weighted by Gasteiger charge is -2.10. The molecule has 0 fully saturated rings. The third-order valence-electron chi connectivity index (χ3n) is 3.05. The molecule has 0 aliphatic rings. The van der Waals surface area contributed by atoms with Gasteiger partial charge in [0.2, 0.25) is 0 Å². The first-order valence-corrected chi connectivity index (χ1v) is 6.99. The molecule has 3 heteroatoms. The second-order valence-corrected chi connectivity index (χ2v) is 5.03. The van der Waals surface area contributed by atoms with E-state index in [9.17, 15) is 4.79 Å². The van der Waals surface area contributed by atoms with Crippen LogP contribution in [0.1, 0.15) is 28.4 Å². The molecule has 2 aromatic rings. The van der Waals surface area contributed by atoms with Crippen LogP contribution in [0, 0.1) is 6.92 Å². The first kappa shape index (κ1) is 14.6. The topological polar surface area (TPSA) is 26.3 Å². The van der Waals surface area contributed by atoms with E-state index >= 15 is 0 Å². The summed E-state index contributed by atoms with van der Waals surface area (Å²) >= 11 is 6.18. The van der Waals surface area contributed by atoms with Crippen molar-refractivity contribution < 1.29 is 9.53 Å². The summed E-state index contributed by atoms with van der Waals surface area (Å²) in [5, 5.41) is 0.632. The first-order valence-electron chi connectivity index (χ1n) is 6.62. The Balaban J connectivity index is 2.24. The predicted molar refractivity (Wildman–Crippen MR) is 81.8 cm³/mol. The predicted octanol–water partition coefficient (Wildman–Crippen LogP) is 4.47. The maximum Gasteiger partial charge on any atom is 0.171 e. The van der Waals surface area contributed by atoms with Gasteiger partial charge in [-0.2, -0.15) is 0 Å². The van der Waals surface area contributed by atoms with E-state index in [0.29, 0.717) is 22.9 Å². The van der Waals surface area contributed by atoms with Crippen LogP contribution in [0.25, 0.3) is 0 Å². The average molecular weight is 289 g/mol. The van der Waals surface area contributed by atoms with E-state index in [1.807, 2.05) is 50.2 Å². The second-order valence-electron chi connectivity index (χ2n) is 4.62. The molecule has 0 unspecified atom stereocenters. The molecule has 0 heterocycles. The van der Waals surface area contributed by atoms with Crippen molar-refractivity contribution in [1.29, 1.82) is 0 Å². The minimum absolute atomic E-state index is 0.0137. The third kappa shape index (κ3) is 3.40. The molecule has 20 heavy (non-hydrogen) atoms. The number of Topliss-reactive ketones (excluding diaryl/α,β-unsaturated/α-hetero) is 1. The SMILES string of the molecule is CCOc1ccccc1C(=O)Cc1ccc(C)cc1Cl. The number of aryl methyl sites for hydroxylation is 1. The van der Waals surface area contributed by atoms with E-state index in [4.69, 9.17) is 16.3 Å². The van der Waals surface area contributed by atoms with Crippen molar-refractivity contribution in [2.24, 2.45) is 0 Å².